The van der Waals surface area contributed by atoms with Gasteiger partial charge in [-0.3, -0.25) is 24.1 Å². The van der Waals surface area contributed by atoms with Crippen LogP contribution < -0.4 is 10.6 Å². The van der Waals surface area contributed by atoms with Gasteiger partial charge in [0.15, 0.2) is 0 Å². The minimum Gasteiger partial charge on any atom is -0.465 e. The van der Waals surface area contributed by atoms with Gasteiger partial charge in [-0.1, -0.05) is 85.2 Å². The fourth-order valence-electron chi connectivity index (χ4n) is 7.70. The Balaban J connectivity index is 2.27. The molecule has 0 unspecified atom stereocenters. The molecule has 1 fully saturated rings. The summed E-state index contributed by atoms with van der Waals surface area (Å²) in [5.74, 6) is -2.82. The lowest BCUT2D eigenvalue weighted by atomic mass is 9.89. The van der Waals surface area contributed by atoms with Crippen molar-refractivity contribution in [1.82, 2.24) is 25.3 Å². The van der Waals surface area contributed by atoms with Crippen LogP contribution in [-0.4, -0.2) is 132 Å². The van der Waals surface area contributed by atoms with Crippen molar-refractivity contribution in [3.63, 3.8) is 0 Å². The number of methoxy groups -OCH3 is 2. The maximum absolute atomic E-state index is 14.2. The number of carbonyl (C=O) groups excluding carboxylic acids is 4. The molecule has 5 amide bonds. The van der Waals surface area contributed by atoms with Gasteiger partial charge in [0.05, 0.1) is 48.8 Å². The molecule has 14 heteroatoms. The van der Waals surface area contributed by atoms with E-state index in [0.29, 0.717) is 24.9 Å². The first-order valence-corrected chi connectivity index (χ1v) is 19.2. The maximum atomic E-state index is 14.2. The highest BCUT2D eigenvalue weighted by Gasteiger charge is 2.43. The summed E-state index contributed by atoms with van der Waals surface area (Å²) < 4.78 is 11.9. The van der Waals surface area contributed by atoms with Crippen molar-refractivity contribution in [2.75, 3.05) is 34.9 Å². The van der Waals surface area contributed by atoms with Gasteiger partial charge in [0.2, 0.25) is 23.6 Å². The molecule has 1 saturated heterocycles. The van der Waals surface area contributed by atoms with E-state index in [0.717, 1.165) is 11.3 Å². The highest BCUT2D eigenvalue weighted by molar-refractivity contribution is 5.91. The van der Waals surface area contributed by atoms with E-state index in [2.05, 4.69) is 10.6 Å². The number of rotatable bonds is 20. The third-order valence-electron chi connectivity index (χ3n) is 11.1. The molecule has 0 spiro atoms. The normalized spacial score (nSPS) is 19.5. The van der Waals surface area contributed by atoms with Crippen LogP contribution in [0.15, 0.2) is 30.3 Å². The molecule has 1 aromatic carbocycles. The first-order valence-electron chi connectivity index (χ1n) is 19.2. The summed E-state index contributed by atoms with van der Waals surface area (Å²) in [6, 6.07) is 5.67. The van der Waals surface area contributed by atoms with Gasteiger partial charge in [0.1, 0.15) is 12.1 Å². The lowest BCUT2D eigenvalue weighted by Crippen LogP contribution is -2.60. The van der Waals surface area contributed by atoms with Crippen LogP contribution in [0.4, 0.5) is 4.79 Å². The van der Waals surface area contributed by atoms with E-state index in [-0.39, 0.29) is 47.9 Å². The summed E-state index contributed by atoms with van der Waals surface area (Å²) in [4.78, 5) is 71.3. The van der Waals surface area contributed by atoms with Crippen LogP contribution in [-0.2, 0) is 28.7 Å². The number of carbonyl (C=O) groups is 5. The molecular formula is C40H67N5O9. The van der Waals surface area contributed by atoms with Crippen molar-refractivity contribution in [2.45, 2.75) is 130 Å². The zero-order valence-corrected chi connectivity index (χ0v) is 34.4. The average molecular weight is 762 g/mol. The molecule has 1 aliphatic rings. The molecule has 0 aromatic heterocycles. The van der Waals surface area contributed by atoms with Crippen LogP contribution in [0, 0.1) is 23.7 Å². The van der Waals surface area contributed by atoms with Gasteiger partial charge >= 0.3 is 6.09 Å². The zero-order chi connectivity index (χ0) is 41.0. The Bertz CT molecular complexity index is 1380. The fourth-order valence-corrected chi connectivity index (χ4v) is 7.70. The number of benzene rings is 1. The van der Waals surface area contributed by atoms with Crippen LogP contribution in [0.5, 0.6) is 0 Å². The SMILES string of the molecule is CC[C@@H](C)[C@@H]([C@@H](CC(=O)N1CCC[C@H]1[C@H](OC)[C@@H](C)C(=O)N[C@@H](C)[C@H](O)c1ccccc1)OC)N(C)C(=O)[C@@H](NC(=O)[C@H](C(C)C)N(C)C(=O)O)C(C)C. The van der Waals surface area contributed by atoms with E-state index in [9.17, 15) is 34.2 Å². The number of nitrogens with zero attached hydrogens (tertiary/aromatic N) is 3. The van der Waals surface area contributed by atoms with E-state index in [1.807, 2.05) is 45.9 Å². The van der Waals surface area contributed by atoms with Gasteiger partial charge in [-0.05, 0) is 43.1 Å². The van der Waals surface area contributed by atoms with E-state index in [1.54, 1.807) is 56.7 Å². The molecule has 306 valence electrons. The van der Waals surface area contributed by atoms with E-state index < -0.39 is 60.4 Å². The van der Waals surface area contributed by atoms with Crippen LogP contribution in [0.25, 0.3) is 0 Å². The van der Waals surface area contributed by atoms with Crippen molar-refractivity contribution in [1.29, 1.82) is 0 Å². The Morgan fingerprint density at radius 1 is 0.889 bits per heavy atom. The number of aliphatic hydroxyl groups is 1. The Morgan fingerprint density at radius 3 is 2.00 bits per heavy atom. The molecule has 0 bridgehead atoms. The van der Waals surface area contributed by atoms with Crippen molar-refractivity contribution >= 4 is 29.7 Å². The molecule has 0 saturated carbocycles. The molecule has 54 heavy (non-hydrogen) atoms. The van der Waals surface area contributed by atoms with Gasteiger partial charge < -0.3 is 40.1 Å². The topological polar surface area (TPSA) is 178 Å². The fraction of sp³-hybridized carbons (Fsp3) is 0.725. The number of likely N-dealkylation sites (tertiary alicyclic amines) is 1. The Hall–Kier alpha value is -3.75. The summed E-state index contributed by atoms with van der Waals surface area (Å²) in [6.45, 7) is 15.1. The summed E-state index contributed by atoms with van der Waals surface area (Å²) >= 11 is 0. The number of aliphatic hydroxyl groups excluding tert-OH is 1. The number of amides is 5. The number of ether oxygens (including phenoxy) is 2. The highest BCUT2D eigenvalue weighted by Crippen LogP contribution is 2.30. The molecule has 10 atom stereocenters. The van der Waals surface area contributed by atoms with Crippen LogP contribution in [0.1, 0.15) is 92.7 Å². The smallest absolute Gasteiger partial charge is 0.407 e. The van der Waals surface area contributed by atoms with Crippen molar-refractivity contribution in [3.8, 4) is 0 Å². The lowest BCUT2D eigenvalue weighted by Gasteiger charge is -2.41. The molecule has 1 heterocycles. The van der Waals surface area contributed by atoms with Crippen LogP contribution >= 0.6 is 0 Å². The second-order valence-corrected chi connectivity index (χ2v) is 15.6. The van der Waals surface area contributed by atoms with Gasteiger partial charge in [0, 0.05) is 34.9 Å². The number of hydrogen-bond donors (Lipinski definition) is 4. The standard InChI is InChI=1S/C40H67N5O9/c1-13-25(6)34(43(9)39(50)32(23(2)3)42-38(49)33(24(4)5)44(10)40(51)52)30(53-11)22-31(46)45-21-17-20-29(45)36(54-12)26(7)37(48)41-27(8)35(47)28-18-15-14-16-19-28/h14-16,18-19,23-27,29-30,32-36,47H,13,17,20-22H2,1-12H3,(H,41,48)(H,42,49)(H,51,52)/t25-,26-,27+,29+,30-,32+,33+,34+,35+,36-/m1/s1. The minimum absolute atomic E-state index is 0.0333. The predicted octanol–water partition coefficient (Wildman–Crippen LogP) is 3.92. The van der Waals surface area contributed by atoms with Crippen LogP contribution in [0.2, 0.25) is 0 Å². The lowest BCUT2D eigenvalue weighted by molar-refractivity contribution is -0.148. The second-order valence-electron chi connectivity index (χ2n) is 15.6. The third-order valence-corrected chi connectivity index (χ3v) is 11.1. The van der Waals surface area contributed by atoms with Crippen molar-refractivity contribution < 1.29 is 43.7 Å². The molecule has 0 radical (unpaired) electrons. The monoisotopic (exact) mass is 761 g/mol. The van der Waals surface area contributed by atoms with Crippen molar-refractivity contribution in [3.05, 3.63) is 35.9 Å². The Labute approximate surface area is 322 Å². The van der Waals surface area contributed by atoms with Crippen LogP contribution in [0.3, 0.4) is 0 Å². The first-order chi connectivity index (χ1) is 25.3. The maximum Gasteiger partial charge on any atom is 0.407 e. The predicted molar refractivity (Wildman–Crippen MR) is 206 cm³/mol. The van der Waals surface area contributed by atoms with E-state index in [4.69, 9.17) is 9.47 Å². The Kier molecular flexibility index (Phi) is 18.4. The minimum atomic E-state index is -1.25. The van der Waals surface area contributed by atoms with Gasteiger partial charge in [-0.15, -0.1) is 0 Å². The van der Waals surface area contributed by atoms with Gasteiger partial charge in [-0.25, -0.2) is 4.79 Å². The molecular weight excluding hydrogens is 694 g/mol. The Morgan fingerprint density at radius 2 is 1.50 bits per heavy atom. The van der Waals surface area contributed by atoms with E-state index in [1.165, 1.54) is 21.3 Å². The quantitative estimate of drug-likeness (QED) is 0.153. The molecule has 1 aliphatic heterocycles. The number of carboxylic acid groups (broad SMARTS) is 1. The van der Waals surface area contributed by atoms with Gasteiger partial charge in [0.25, 0.3) is 0 Å². The zero-order valence-electron chi connectivity index (χ0n) is 34.4. The van der Waals surface area contributed by atoms with Crippen molar-refractivity contribution in [2.24, 2.45) is 23.7 Å². The number of nitrogens with one attached hydrogen (secondary N) is 2. The number of hydrogen-bond acceptors (Lipinski definition) is 8. The highest BCUT2D eigenvalue weighted by atomic mass is 16.5. The molecule has 4 N–H and O–H groups in total. The average Bonchev–Trinajstić information content (AvgIpc) is 3.62. The summed E-state index contributed by atoms with van der Waals surface area (Å²) in [5, 5.41) is 26.2. The molecule has 2 rings (SSSR count). The molecule has 0 aliphatic carbocycles. The summed E-state index contributed by atoms with van der Waals surface area (Å²) in [7, 11) is 6.02. The second kappa shape index (κ2) is 21.4. The van der Waals surface area contributed by atoms with E-state index >= 15 is 0 Å². The largest absolute Gasteiger partial charge is 0.465 e. The van der Waals surface area contributed by atoms with Gasteiger partial charge in [-0.2, -0.15) is 0 Å². The summed E-state index contributed by atoms with van der Waals surface area (Å²) in [5.41, 5.74) is 0.692. The molecule has 1 aromatic rings. The number of likely N-dealkylation sites (N-methyl/N-ethyl adjacent to an activating group) is 2. The first kappa shape index (κ1) is 46.4. The molecule has 14 nitrogen and oxygen atoms in total. The third kappa shape index (κ3) is 11.6. The summed E-state index contributed by atoms with van der Waals surface area (Å²) in [6.07, 6.45) is -1.45.